The van der Waals surface area contributed by atoms with Crippen molar-refractivity contribution in [2.45, 2.75) is 51.8 Å². The van der Waals surface area contributed by atoms with Gasteiger partial charge in [0.2, 0.25) is 0 Å². The summed E-state index contributed by atoms with van der Waals surface area (Å²) in [4.78, 5) is 24.6. The summed E-state index contributed by atoms with van der Waals surface area (Å²) in [5.41, 5.74) is -0.712. The molecule has 5 nitrogen and oxygen atoms in total. The highest BCUT2D eigenvalue weighted by molar-refractivity contribution is 5.91. The molecular weight excluding hydrogens is 234 g/mol. The molecule has 0 rings (SSSR count). The molecule has 5 heteroatoms. The fourth-order valence-electron chi connectivity index (χ4n) is 1.71. The van der Waals surface area contributed by atoms with Crippen molar-refractivity contribution in [2.24, 2.45) is 0 Å². The second kappa shape index (κ2) is 6.41. The molecule has 0 aromatic carbocycles. The molecule has 0 heterocycles. The number of carbonyl (C=O) groups is 2. The monoisotopic (exact) mass is 255 g/mol. The van der Waals surface area contributed by atoms with Crippen molar-refractivity contribution in [3.05, 3.63) is 0 Å². The Bertz CT molecular complexity index is 351. The van der Waals surface area contributed by atoms with Crippen LogP contribution in [-0.2, 0) is 9.53 Å². The van der Waals surface area contributed by atoms with Crippen molar-refractivity contribution in [2.75, 3.05) is 7.11 Å². The minimum atomic E-state index is -1.17. The van der Waals surface area contributed by atoms with Gasteiger partial charge in [-0.05, 0) is 27.7 Å². The topological polar surface area (TPSA) is 66.8 Å². The van der Waals surface area contributed by atoms with E-state index in [1.54, 1.807) is 27.7 Å². The maximum absolute atomic E-state index is 12.1. The molecule has 0 fully saturated rings. The smallest absolute Gasteiger partial charge is 0.408 e. The van der Waals surface area contributed by atoms with Crippen LogP contribution in [-0.4, -0.2) is 46.7 Å². The number of ketones is 1. The van der Waals surface area contributed by atoms with Gasteiger partial charge in [-0.2, -0.15) is 0 Å². The summed E-state index contributed by atoms with van der Waals surface area (Å²) in [6.45, 7) is 6.73. The van der Waals surface area contributed by atoms with Crippen molar-refractivity contribution in [3.8, 4) is 12.3 Å². The Balaban J connectivity index is 5.37. The zero-order valence-corrected chi connectivity index (χ0v) is 11.6. The average Bonchev–Trinajstić information content (AvgIpc) is 2.24. The first-order valence-electron chi connectivity index (χ1n) is 5.69. The summed E-state index contributed by atoms with van der Waals surface area (Å²) in [7, 11) is 1.40. The van der Waals surface area contributed by atoms with Crippen molar-refractivity contribution in [1.82, 2.24) is 4.90 Å². The molecule has 0 aromatic rings. The van der Waals surface area contributed by atoms with E-state index in [1.165, 1.54) is 7.11 Å². The molecule has 0 bridgehead atoms. The van der Waals surface area contributed by atoms with Gasteiger partial charge < -0.3 is 9.84 Å². The van der Waals surface area contributed by atoms with E-state index in [0.29, 0.717) is 0 Å². The maximum Gasteiger partial charge on any atom is 0.408 e. The highest BCUT2D eigenvalue weighted by Gasteiger charge is 2.38. The Morgan fingerprint density at radius 3 is 2.22 bits per heavy atom. The molecule has 2 unspecified atom stereocenters. The van der Waals surface area contributed by atoms with E-state index in [-0.39, 0.29) is 12.2 Å². The first-order chi connectivity index (χ1) is 8.16. The van der Waals surface area contributed by atoms with Crippen LogP contribution in [0.2, 0.25) is 0 Å². The third kappa shape index (κ3) is 4.04. The number of nitrogens with zero attached hydrogens (tertiary/aromatic N) is 1. The normalized spacial score (nSPS) is 14.4. The molecule has 0 aromatic heterocycles. The predicted molar refractivity (Wildman–Crippen MR) is 68.3 cm³/mol. The van der Waals surface area contributed by atoms with E-state index in [4.69, 9.17) is 11.2 Å². The van der Waals surface area contributed by atoms with E-state index in [2.05, 4.69) is 5.92 Å². The molecule has 0 spiro atoms. The molecule has 2 atom stereocenters. The van der Waals surface area contributed by atoms with Gasteiger partial charge in [0.1, 0.15) is 12.1 Å². The Morgan fingerprint density at radius 2 is 1.94 bits per heavy atom. The zero-order valence-electron chi connectivity index (χ0n) is 11.6. The molecule has 1 amide bonds. The SMILES string of the molecule is C#CCC(C(=O)C(C)OC)N(C(=O)O)C(C)(C)C. The quantitative estimate of drug-likeness (QED) is 0.760. The van der Waals surface area contributed by atoms with Gasteiger partial charge in [-0.3, -0.25) is 9.69 Å². The van der Waals surface area contributed by atoms with Gasteiger partial charge in [0.25, 0.3) is 0 Å². The lowest BCUT2D eigenvalue weighted by atomic mass is 9.97. The van der Waals surface area contributed by atoms with Crippen LogP contribution in [0.1, 0.15) is 34.1 Å². The second-order valence-corrected chi connectivity index (χ2v) is 5.03. The van der Waals surface area contributed by atoms with Gasteiger partial charge in [-0.1, -0.05) is 0 Å². The van der Waals surface area contributed by atoms with Gasteiger partial charge in [0.15, 0.2) is 5.78 Å². The van der Waals surface area contributed by atoms with Crippen LogP contribution in [0.15, 0.2) is 0 Å². The highest BCUT2D eigenvalue weighted by Crippen LogP contribution is 2.21. The van der Waals surface area contributed by atoms with E-state index in [0.717, 1.165) is 4.90 Å². The Kier molecular flexibility index (Phi) is 5.86. The van der Waals surface area contributed by atoms with Gasteiger partial charge in [-0.25, -0.2) is 4.79 Å². The Hall–Kier alpha value is -1.54. The number of hydrogen-bond donors (Lipinski definition) is 1. The van der Waals surface area contributed by atoms with Gasteiger partial charge in [0.05, 0.1) is 0 Å². The molecule has 18 heavy (non-hydrogen) atoms. The predicted octanol–water partition coefficient (Wildman–Crippen LogP) is 1.76. The molecule has 0 aliphatic carbocycles. The molecule has 0 saturated heterocycles. The summed E-state index contributed by atoms with van der Waals surface area (Å²) in [6.07, 6.45) is 3.41. The lowest BCUT2D eigenvalue weighted by Gasteiger charge is -2.38. The molecule has 0 aliphatic rings. The summed E-state index contributed by atoms with van der Waals surface area (Å²) < 4.78 is 4.94. The number of hydrogen-bond acceptors (Lipinski definition) is 3. The van der Waals surface area contributed by atoms with Crippen LogP contribution in [0, 0.1) is 12.3 Å². The first-order valence-corrected chi connectivity index (χ1v) is 5.69. The zero-order chi connectivity index (χ0) is 14.5. The van der Waals surface area contributed by atoms with Gasteiger partial charge in [0, 0.05) is 19.1 Å². The van der Waals surface area contributed by atoms with E-state index < -0.39 is 23.8 Å². The third-order valence-electron chi connectivity index (χ3n) is 2.63. The molecule has 0 aliphatic heterocycles. The minimum absolute atomic E-state index is 0.0378. The average molecular weight is 255 g/mol. The summed E-state index contributed by atoms with van der Waals surface area (Å²) in [5, 5.41) is 9.27. The lowest BCUT2D eigenvalue weighted by molar-refractivity contribution is -0.134. The maximum atomic E-state index is 12.1. The van der Waals surface area contributed by atoms with Gasteiger partial charge in [-0.15, -0.1) is 12.3 Å². The first kappa shape index (κ1) is 16.5. The third-order valence-corrected chi connectivity index (χ3v) is 2.63. The summed E-state index contributed by atoms with van der Waals surface area (Å²) in [5.74, 6) is 2.03. The largest absolute Gasteiger partial charge is 0.465 e. The van der Waals surface area contributed by atoms with Crippen molar-refractivity contribution in [3.63, 3.8) is 0 Å². The Morgan fingerprint density at radius 1 is 1.44 bits per heavy atom. The number of ether oxygens (including phenoxy) is 1. The number of carboxylic acid groups (broad SMARTS) is 1. The molecule has 102 valence electrons. The van der Waals surface area contributed by atoms with Crippen LogP contribution in [0.3, 0.4) is 0 Å². The van der Waals surface area contributed by atoms with Crippen LogP contribution >= 0.6 is 0 Å². The number of terminal acetylenes is 1. The van der Waals surface area contributed by atoms with Crippen LogP contribution < -0.4 is 0 Å². The van der Waals surface area contributed by atoms with Crippen molar-refractivity contribution >= 4 is 11.9 Å². The van der Waals surface area contributed by atoms with Gasteiger partial charge >= 0.3 is 6.09 Å². The lowest BCUT2D eigenvalue weighted by Crippen LogP contribution is -2.55. The Labute approximate surface area is 108 Å². The number of methoxy groups -OCH3 is 1. The number of carbonyl (C=O) groups excluding carboxylic acids is 1. The number of Topliss-reactive ketones (excluding diaryl/α,β-unsaturated/α-hetero) is 1. The second-order valence-electron chi connectivity index (χ2n) is 5.03. The molecule has 0 saturated carbocycles. The van der Waals surface area contributed by atoms with Crippen LogP contribution in [0.5, 0.6) is 0 Å². The number of amides is 1. The minimum Gasteiger partial charge on any atom is -0.465 e. The van der Waals surface area contributed by atoms with E-state index in [1.807, 2.05) is 0 Å². The standard InChI is InChI=1S/C13H21NO4/c1-7-8-10(11(15)9(2)18-6)14(12(16)17)13(3,4)5/h1,9-10H,8H2,2-6H3,(H,16,17). The number of rotatable bonds is 5. The van der Waals surface area contributed by atoms with Crippen LogP contribution in [0.25, 0.3) is 0 Å². The summed E-state index contributed by atoms with van der Waals surface area (Å²) in [6, 6.07) is -0.887. The van der Waals surface area contributed by atoms with Crippen molar-refractivity contribution in [1.29, 1.82) is 0 Å². The summed E-state index contributed by atoms with van der Waals surface area (Å²) >= 11 is 0. The highest BCUT2D eigenvalue weighted by atomic mass is 16.5. The molecule has 1 N–H and O–H groups in total. The van der Waals surface area contributed by atoms with E-state index in [9.17, 15) is 14.7 Å². The fourth-order valence-corrected chi connectivity index (χ4v) is 1.71. The molecular formula is C13H21NO4. The fraction of sp³-hybridized carbons (Fsp3) is 0.692. The van der Waals surface area contributed by atoms with E-state index >= 15 is 0 Å². The molecule has 0 radical (unpaired) electrons. The van der Waals surface area contributed by atoms with Crippen molar-refractivity contribution < 1.29 is 19.4 Å². The van der Waals surface area contributed by atoms with Crippen LogP contribution in [0.4, 0.5) is 4.79 Å².